The van der Waals surface area contributed by atoms with E-state index in [9.17, 15) is 10.1 Å². The van der Waals surface area contributed by atoms with Crippen LogP contribution in [0.1, 0.15) is 6.92 Å². The summed E-state index contributed by atoms with van der Waals surface area (Å²) >= 11 is 3.39. The fraction of sp³-hybridized carbons (Fsp3) is 0.364. The molecule has 0 amide bonds. The smallest absolute Gasteiger partial charge is 0.271 e. The van der Waals surface area contributed by atoms with E-state index < -0.39 is 4.92 Å². The number of nitro benzene ring substituents is 1. The van der Waals surface area contributed by atoms with Crippen LogP contribution in [0.3, 0.4) is 0 Å². The summed E-state index contributed by atoms with van der Waals surface area (Å²) in [6, 6.07) is 4.64. The third kappa shape index (κ3) is 2.45. The minimum Gasteiger partial charge on any atom is -0.342 e. The number of halogens is 1. The van der Waals surface area contributed by atoms with Gasteiger partial charge in [0, 0.05) is 30.6 Å². The van der Waals surface area contributed by atoms with Crippen molar-refractivity contribution in [2.45, 2.75) is 6.92 Å². The molecular formula is C11H13BrN4O2. The zero-order chi connectivity index (χ0) is 13.1. The van der Waals surface area contributed by atoms with Gasteiger partial charge in [-0.15, -0.1) is 0 Å². The van der Waals surface area contributed by atoms with Crippen LogP contribution >= 0.6 is 15.9 Å². The van der Waals surface area contributed by atoms with Crippen molar-refractivity contribution in [2.75, 3.05) is 23.3 Å². The molecule has 1 aromatic heterocycles. The lowest BCUT2D eigenvalue weighted by atomic mass is 10.3. The topological polar surface area (TPSA) is 75.1 Å². The van der Waals surface area contributed by atoms with Crippen molar-refractivity contribution in [3.8, 4) is 0 Å². The third-order valence-corrected chi connectivity index (χ3v) is 3.05. The number of nitrogens with zero attached hydrogens (tertiary/aromatic N) is 3. The van der Waals surface area contributed by atoms with Crippen LogP contribution < -0.4 is 4.90 Å². The summed E-state index contributed by atoms with van der Waals surface area (Å²) in [5.74, 6) is 0.743. The summed E-state index contributed by atoms with van der Waals surface area (Å²) in [4.78, 5) is 19.9. The monoisotopic (exact) mass is 312 g/mol. The SMILES string of the molecule is CCN(CCBr)c1nc2ccc([N+](=O)[O-])cc2[nH]1. The van der Waals surface area contributed by atoms with Gasteiger partial charge in [-0.25, -0.2) is 4.98 Å². The van der Waals surface area contributed by atoms with E-state index in [0.717, 1.165) is 29.9 Å². The van der Waals surface area contributed by atoms with Crippen LogP contribution in [-0.2, 0) is 0 Å². The molecule has 0 saturated heterocycles. The molecule has 18 heavy (non-hydrogen) atoms. The number of alkyl halides is 1. The predicted octanol–water partition coefficient (Wildman–Crippen LogP) is 2.69. The second kappa shape index (κ2) is 5.34. The van der Waals surface area contributed by atoms with Crippen LogP contribution in [0.5, 0.6) is 0 Å². The van der Waals surface area contributed by atoms with Crippen molar-refractivity contribution in [3.63, 3.8) is 0 Å². The second-order valence-corrected chi connectivity index (χ2v) is 4.58. The molecule has 0 aliphatic heterocycles. The Labute approximate surface area is 112 Å². The predicted molar refractivity (Wildman–Crippen MR) is 74.4 cm³/mol. The molecule has 0 spiro atoms. The minimum atomic E-state index is -0.407. The third-order valence-electron chi connectivity index (χ3n) is 2.70. The average molecular weight is 313 g/mol. The van der Waals surface area contributed by atoms with Gasteiger partial charge in [0.1, 0.15) is 0 Å². The molecule has 1 N–H and O–H groups in total. The summed E-state index contributed by atoms with van der Waals surface area (Å²) in [5, 5.41) is 11.5. The van der Waals surface area contributed by atoms with Crippen molar-refractivity contribution in [1.29, 1.82) is 0 Å². The first kappa shape index (κ1) is 12.8. The van der Waals surface area contributed by atoms with Crippen LogP contribution in [0, 0.1) is 10.1 Å². The average Bonchev–Trinajstić information content (AvgIpc) is 2.78. The van der Waals surface area contributed by atoms with Gasteiger partial charge in [-0.3, -0.25) is 10.1 Å². The van der Waals surface area contributed by atoms with Gasteiger partial charge in [0.05, 0.1) is 16.0 Å². The number of anilines is 1. The molecule has 6 nitrogen and oxygen atoms in total. The normalized spacial score (nSPS) is 10.8. The molecule has 0 unspecified atom stereocenters. The summed E-state index contributed by atoms with van der Waals surface area (Å²) in [5.41, 5.74) is 1.50. The van der Waals surface area contributed by atoms with Gasteiger partial charge in [0.25, 0.3) is 5.69 Å². The number of aromatic amines is 1. The minimum absolute atomic E-state index is 0.0706. The second-order valence-electron chi connectivity index (χ2n) is 3.79. The van der Waals surface area contributed by atoms with Gasteiger partial charge in [-0.1, -0.05) is 15.9 Å². The molecule has 1 heterocycles. The van der Waals surface area contributed by atoms with Crippen LogP contribution in [-0.4, -0.2) is 33.3 Å². The number of rotatable bonds is 5. The number of H-pyrrole nitrogens is 1. The number of nitro groups is 1. The van der Waals surface area contributed by atoms with Gasteiger partial charge in [-0.2, -0.15) is 0 Å². The number of hydrogen-bond donors (Lipinski definition) is 1. The van der Waals surface area contributed by atoms with Gasteiger partial charge in [-0.05, 0) is 13.0 Å². The van der Waals surface area contributed by atoms with Crippen LogP contribution in [0.25, 0.3) is 11.0 Å². The Morgan fingerprint density at radius 3 is 2.94 bits per heavy atom. The zero-order valence-electron chi connectivity index (χ0n) is 9.89. The number of hydrogen-bond acceptors (Lipinski definition) is 4. The molecule has 2 rings (SSSR count). The lowest BCUT2D eigenvalue weighted by Gasteiger charge is -2.17. The lowest BCUT2D eigenvalue weighted by Crippen LogP contribution is -2.25. The number of benzene rings is 1. The van der Waals surface area contributed by atoms with Gasteiger partial charge < -0.3 is 9.88 Å². The maximum atomic E-state index is 10.7. The molecule has 0 saturated carbocycles. The highest BCUT2D eigenvalue weighted by Gasteiger charge is 2.12. The Balaban J connectivity index is 2.40. The van der Waals surface area contributed by atoms with Gasteiger partial charge >= 0.3 is 0 Å². The van der Waals surface area contributed by atoms with E-state index in [1.165, 1.54) is 12.1 Å². The molecule has 0 fully saturated rings. The Kier molecular flexibility index (Phi) is 3.81. The summed E-state index contributed by atoms with van der Waals surface area (Å²) in [6.45, 7) is 3.70. The molecule has 0 bridgehead atoms. The molecule has 2 aromatic rings. The lowest BCUT2D eigenvalue weighted by molar-refractivity contribution is -0.384. The van der Waals surface area contributed by atoms with E-state index in [2.05, 4.69) is 30.8 Å². The van der Waals surface area contributed by atoms with E-state index in [4.69, 9.17) is 0 Å². The summed E-state index contributed by atoms with van der Waals surface area (Å²) in [6.07, 6.45) is 0. The van der Waals surface area contributed by atoms with E-state index >= 15 is 0 Å². The fourth-order valence-electron chi connectivity index (χ4n) is 1.76. The molecular weight excluding hydrogens is 300 g/mol. The Morgan fingerprint density at radius 1 is 1.56 bits per heavy atom. The van der Waals surface area contributed by atoms with Crippen molar-refractivity contribution in [3.05, 3.63) is 28.3 Å². The standard InChI is InChI=1S/C11H13BrN4O2/c1-2-15(6-5-12)11-13-9-4-3-8(16(17)18)7-10(9)14-11/h3-4,7H,2,5-6H2,1H3,(H,13,14). The van der Waals surface area contributed by atoms with Crippen molar-refractivity contribution in [1.82, 2.24) is 9.97 Å². The summed E-state index contributed by atoms with van der Waals surface area (Å²) in [7, 11) is 0. The maximum Gasteiger partial charge on any atom is 0.271 e. The molecule has 0 atom stereocenters. The van der Waals surface area contributed by atoms with Crippen molar-refractivity contribution >= 4 is 38.6 Å². The molecule has 0 aliphatic rings. The van der Waals surface area contributed by atoms with Crippen molar-refractivity contribution in [2.24, 2.45) is 0 Å². The van der Waals surface area contributed by atoms with E-state index in [-0.39, 0.29) is 5.69 Å². The highest BCUT2D eigenvalue weighted by molar-refractivity contribution is 9.09. The first-order valence-corrected chi connectivity index (χ1v) is 6.73. The molecule has 7 heteroatoms. The zero-order valence-corrected chi connectivity index (χ0v) is 11.5. The quantitative estimate of drug-likeness (QED) is 0.523. The highest BCUT2D eigenvalue weighted by Crippen LogP contribution is 2.22. The van der Waals surface area contributed by atoms with Gasteiger partial charge in [0.15, 0.2) is 0 Å². The van der Waals surface area contributed by atoms with Crippen molar-refractivity contribution < 1.29 is 4.92 Å². The molecule has 96 valence electrons. The number of nitrogens with one attached hydrogen (secondary N) is 1. The number of imidazole rings is 1. The Bertz CT molecular complexity index is 569. The largest absolute Gasteiger partial charge is 0.342 e. The molecule has 0 radical (unpaired) electrons. The van der Waals surface area contributed by atoms with E-state index in [1.54, 1.807) is 6.07 Å². The van der Waals surface area contributed by atoms with Crippen LogP contribution in [0.4, 0.5) is 11.6 Å². The fourth-order valence-corrected chi connectivity index (χ4v) is 2.19. The number of aromatic nitrogens is 2. The first-order chi connectivity index (χ1) is 8.65. The first-order valence-electron chi connectivity index (χ1n) is 5.60. The number of fused-ring (bicyclic) bond motifs is 1. The summed E-state index contributed by atoms with van der Waals surface area (Å²) < 4.78 is 0. The molecule has 0 aliphatic carbocycles. The van der Waals surface area contributed by atoms with E-state index in [1.807, 2.05) is 6.92 Å². The highest BCUT2D eigenvalue weighted by atomic mass is 79.9. The maximum absolute atomic E-state index is 10.7. The number of non-ortho nitro benzene ring substituents is 1. The van der Waals surface area contributed by atoms with Crippen LogP contribution in [0.2, 0.25) is 0 Å². The Morgan fingerprint density at radius 2 is 2.33 bits per heavy atom. The van der Waals surface area contributed by atoms with Gasteiger partial charge in [0.2, 0.25) is 5.95 Å². The Hall–Kier alpha value is -1.63. The van der Waals surface area contributed by atoms with Crippen LogP contribution in [0.15, 0.2) is 18.2 Å². The molecule has 1 aromatic carbocycles. The van der Waals surface area contributed by atoms with E-state index in [0.29, 0.717) is 5.52 Å².